The van der Waals surface area contributed by atoms with Gasteiger partial charge in [0.25, 0.3) is 5.56 Å². The number of para-hydroxylation sites is 2. The number of carbonyl (C=O) groups excluding carboxylic acids is 2. The second-order valence-corrected chi connectivity index (χ2v) is 8.06. The van der Waals surface area contributed by atoms with Crippen molar-refractivity contribution in [1.82, 2.24) is 14.9 Å². The van der Waals surface area contributed by atoms with Gasteiger partial charge < -0.3 is 5.32 Å². The Balaban J connectivity index is 1.77. The largest absolute Gasteiger partial charge is 0.325 e. The number of urea groups is 1. The number of imide groups is 1. The van der Waals surface area contributed by atoms with Crippen molar-refractivity contribution in [3.63, 3.8) is 0 Å². The molecule has 1 atom stereocenters. The highest BCUT2D eigenvalue weighted by molar-refractivity contribution is 8.00. The van der Waals surface area contributed by atoms with E-state index < -0.39 is 17.2 Å². The van der Waals surface area contributed by atoms with Gasteiger partial charge in [-0.15, -0.1) is 0 Å². The average Bonchev–Trinajstić information content (AvgIpc) is 2.68. The van der Waals surface area contributed by atoms with Crippen molar-refractivity contribution in [2.45, 2.75) is 37.2 Å². The van der Waals surface area contributed by atoms with Gasteiger partial charge in [-0.1, -0.05) is 42.1 Å². The highest BCUT2D eigenvalue weighted by atomic mass is 32.2. The number of amides is 3. The highest BCUT2D eigenvalue weighted by Gasteiger charge is 2.22. The van der Waals surface area contributed by atoms with Crippen LogP contribution in [0.1, 0.15) is 26.8 Å². The maximum atomic E-state index is 12.9. The summed E-state index contributed by atoms with van der Waals surface area (Å²) >= 11 is 1.14. The standard InChI is InChI=1S/C21H22N4O3S/c1-13(2)25-19(27)16-11-7-8-12-17(16)23-21(25)29-14(3)18(26)24-20(28)22-15-9-5-4-6-10-15/h4-14H,1-3H3,(H2,22,24,26,28). The molecule has 2 N–H and O–H groups in total. The molecule has 8 heteroatoms. The molecule has 1 heterocycles. The van der Waals surface area contributed by atoms with E-state index in [1.165, 1.54) is 0 Å². The molecule has 1 unspecified atom stereocenters. The number of carbonyl (C=O) groups is 2. The summed E-state index contributed by atoms with van der Waals surface area (Å²) in [5, 5.41) is 5.27. The molecular formula is C21H22N4O3S. The average molecular weight is 410 g/mol. The maximum Gasteiger partial charge on any atom is 0.325 e. The lowest BCUT2D eigenvalue weighted by Gasteiger charge is -2.18. The van der Waals surface area contributed by atoms with Gasteiger partial charge >= 0.3 is 6.03 Å². The van der Waals surface area contributed by atoms with Gasteiger partial charge in [-0.3, -0.25) is 19.5 Å². The quantitative estimate of drug-likeness (QED) is 0.493. The minimum absolute atomic E-state index is 0.126. The van der Waals surface area contributed by atoms with E-state index in [0.717, 1.165) is 11.8 Å². The first kappa shape index (κ1) is 20.6. The van der Waals surface area contributed by atoms with Gasteiger partial charge in [-0.25, -0.2) is 9.78 Å². The second-order valence-electron chi connectivity index (χ2n) is 6.75. The number of anilines is 1. The Kier molecular flexibility index (Phi) is 6.33. The Labute approximate surface area is 172 Å². The third kappa shape index (κ3) is 4.83. The zero-order valence-electron chi connectivity index (χ0n) is 16.4. The third-order valence-electron chi connectivity index (χ3n) is 4.21. The van der Waals surface area contributed by atoms with Gasteiger partial charge in [-0.2, -0.15) is 0 Å². The van der Waals surface area contributed by atoms with Gasteiger partial charge in [0.1, 0.15) is 0 Å². The van der Waals surface area contributed by atoms with E-state index in [0.29, 0.717) is 21.7 Å². The minimum atomic E-state index is -0.630. The predicted molar refractivity (Wildman–Crippen MR) is 115 cm³/mol. The maximum absolute atomic E-state index is 12.9. The summed E-state index contributed by atoms with van der Waals surface area (Å²) in [6.07, 6.45) is 0. The smallest absolute Gasteiger partial charge is 0.308 e. The van der Waals surface area contributed by atoms with Crippen LogP contribution in [-0.2, 0) is 4.79 Å². The summed E-state index contributed by atoms with van der Waals surface area (Å²) in [4.78, 5) is 42.0. The van der Waals surface area contributed by atoms with E-state index in [1.807, 2.05) is 26.0 Å². The monoisotopic (exact) mass is 410 g/mol. The topological polar surface area (TPSA) is 93.1 Å². The number of hydrogen-bond donors (Lipinski definition) is 2. The summed E-state index contributed by atoms with van der Waals surface area (Å²) in [6.45, 7) is 5.45. The van der Waals surface area contributed by atoms with Crippen molar-refractivity contribution in [3.05, 3.63) is 65.0 Å². The molecule has 0 spiro atoms. The summed E-state index contributed by atoms with van der Waals surface area (Å²) in [7, 11) is 0. The number of aromatic nitrogens is 2. The van der Waals surface area contributed by atoms with Crippen molar-refractivity contribution in [2.24, 2.45) is 0 Å². The van der Waals surface area contributed by atoms with Crippen LogP contribution in [-0.4, -0.2) is 26.7 Å². The number of thioether (sulfide) groups is 1. The molecule has 7 nitrogen and oxygen atoms in total. The molecule has 0 saturated heterocycles. The van der Waals surface area contributed by atoms with E-state index in [1.54, 1.807) is 54.0 Å². The lowest BCUT2D eigenvalue weighted by atomic mass is 10.2. The normalized spacial score (nSPS) is 12.0. The molecule has 0 saturated carbocycles. The van der Waals surface area contributed by atoms with Crippen LogP contribution < -0.4 is 16.2 Å². The first-order valence-corrected chi connectivity index (χ1v) is 10.1. The first-order valence-electron chi connectivity index (χ1n) is 9.21. The van der Waals surface area contributed by atoms with Crippen molar-refractivity contribution in [2.75, 3.05) is 5.32 Å². The van der Waals surface area contributed by atoms with E-state index in [-0.39, 0.29) is 11.6 Å². The van der Waals surface area contributed by atoms with Crippen LogP contribution in [0.25, 0.3) is 10.9 Å². The molecule has 0 bridgehead atoms. The minimum Gasteiger partial charge on any atom is -0.308 e. The van der Waals surface area contributed by atoms with Crippen LogP contribution in [0.5, 0.6) is 0 Å². The molecular weight excluding hydrogens is 388 g/mol. The van der Waals surface area contributed by atoms with Crippen LogP contribution in [0, 0.1) is 0 Å². The van der Waals surface area contributed by atoms with Crippen molar-refractivity contribution >= 4 is 40.3 Å². The van der Waals surface area contributed by atoms with Gasteiger partial charge in [-0.05, 0) is 45.0 Å². The first-order chi connectivity index (χ1) is 13.9. The van der Waals surface area contributed by atoms with Crippen molar-refractivity contribution in [1.29, 1.82) is 0 Å². The molecule has 2 aromatic carbocycles. The molecule has 1 aromatic heterocycles. The number of fused-ring (bicyclic) bond motifs is 1. The van der Waals surface area contributed by atoms with Gasteiger partial charge in [0, 0.05) is 11.7 Å². The zero-order chi connectivity index (χ0) is 21.0. The number of rotatable bonds is 5. The number of benzene rings is 2. The molecule has 150 valence electrons. The molecule has 3 rings (SSSR count). The van der Waals surface area contributed by atoms with Gasteiger partial charge in [0.05, 0.1) is 16.2 Å². The Morgan fingerprint density at radius 1 is 1.00 bits per heavy atom. The lowest BCUT2D eigenvalue weighted by Crippen LogP contribution is -2.39. The van der Waals surface area contributed by atoms with Crippen LogP contribution in [0.15, 0.2) is 64.5 Å². The number of hydrogen-bond acceptors (Lipinski definition) is 5. The molecule has 0 aliphatic carbocycles. The van der Waals surface area contributed by atoms with Crippen LogP contribution in [0.4, 0.5) is 10.5 Å². The Morgan fingerprint density at radius 3 is 2.34 bits per heavy atom. The Morgan fingerprint density at radius 2 is 1.66 bits per heavy atom. The molecule has 29 heavy (non-hydrogen) atoms. The lowest BCUT2D eigenvalue weighted by molar-refractivity contribution is -0.119. The van der Waals surface area contributed by atoms with Crippen LogP contribution in [0.2, 0.25) is 0 Å². The summed E-state index contributed by atoms with van der Waals surface area (Å²) in [5.41, 5.74) is 1.01. The molecule has 0 radical (unpaired) electrons. The Bertz CT molecular complexity index is 1100. The fourth-order valence-electron chi connectivity index (χ4n) is 2.77. The van der Waals surface area contributed by atoms with E-state index in [9.17, 15) is 14.4 Å². The third-order valence-corrected chi connectivity index (χ3v) is 5.28. The molecule has 3 amide bonds. The fourth-order valence-corrected chi connectivity index (χ4v) is 3.81. The summed E-state index contributed by atoms with van der Waals surface area (Å²) in [6, 6.07) is 15.2. The predicted octanol–water partition coefficient (Wildman–Crippen LogP) is 3.81. The second kappa shape index (κ2) is 8.91. The number of nitrogens with one attached hydrogen (secondary N) is 2. The highest BCUT2D eigenvalue weighted by Crippen LogP contribution is 2.24. The summed E-state index contributed by atoms with van der Waals surface area (Å²) < 4.78 is 1.57. The number of nitrogens with zero attached hydrogens (tertiary/aromatic N) is 2. The van der Waals surface area contributed by atoms with Gasteiger partial charge in [0.2, 0.25) is 5.91 Å². The van der Waals surface area contributed by atoms with Crippen molar-refractivity contribution in [3.8, 4) is 0 Å². The van der Waals surface area contributed by atoms with E-state index >= 15 is 0 Å². The van der Waals surface area contributed by atoms with Crippen LogP contribution in [0.3, 0.4) is 0 Å². The zero-order valence-corrected chi connectivity index (χ0v) is 17.2. The molecule has 0 fully saturated rings. The fraction of sp³-hybridized carbons (Fsp3) is 0.238. The van der Waals surface area contributed by atoms with Gasteiger partial charge in [0.15, 0.2) is 5.16 Å². The van der Waals surface area contributed by atoms with Crippen molar-refractivity contribution < 1.29 is 9.59 Å². The van der Waals surface area contributed by atoms with E-state index in [2.05, 4.69) is 15.6 Å². The molecule has 3 aromatic rings. The van der Waals surface area contributed by atoms with E-state index in [4.69, 9.17) is 0 Å². The molecule has 0 aliphatic heterocycles. The Hall–Kier alpha value is -3.13. The molecule has 0 aliphatic rings. The van der Waals surface area contributed by atoms with Crippen LogP contribution >= 0.6 is 11.8 Å². The SMILES string of the molecule is CC(Sc1nc2ccccc2c(=O)n1C(C)C)C(=O)NC(=O)Nc1ccccc1. The summed E-state index contributed by atoms with van der Waals surface area (Å²) in [5.74, 6) is -0.471.